The average Bonchev–Trinajstić information content (AvgIpc) is 2.47. The van der Waals surface area contributed by atoms with Crippen LogP contribution < -0.4 is 5.32 Å². The zero-order valence-electron chi connectivity index (χ0n) is 9.60. The molecule has 15 heavy (non-hydrogen) atoms. The summed E-state index contributed by atoms with van der Waals surface area (Å²) in [5.41, 5.74) is -1.03. The predicted molar refractivity (Wildman–Crippen MR) is 63.7 cm³/mol. The van der Waals surface area contributed by atoms with Crippen LogP contribution in [0.15, 0.2) is 21.2 Å². The Kier molecular flexibility index (Phi) is 3.63. The van der Waals surface area contributed by atoms with Gasteiger partial charge in [-0.05, 0) is 49.7 Å². The molecule has 0 amide bonds. The first kappa shape index (κ1) is 12.7. The van der Waals surface area contributed by atoms with Crippen molar-refractivity contribution in [1.29, 1.82) is 0 Å². The Morgan fingerprint density at radius 3 is 2.40 bits per heavy atom. The lowest BCUT2D eigenvalue weighted by Crippen LogP contribution is -2.44. The molecule has 1 unspecified atom stereocenters. The van der Waals surface area contributed by atoms with E-state index in [1.165, 1.54) is 0 Å². The standard InChI is InChI=1S/C11H18BrNO2/c1-10(2,3)13-7-11(4,14)9-8(12)5-6-15-9/h5-6,13-14H,7H2,1-4H3. The summed E-state index contributed by atoms with van der Waals surface area (Å²) >= 11 is 3.34. The highest BCUT2D eigenvalue weighted by Gasteiger charge is 2.30. The fourth-order valence-electron chi connectivity index (χ4n) is 1.20. The molecule has 1 aromatic heterocycles. The molecule has 86 valence electrons. The Morgan fingerprint density at radius 1 is 1.40 bits per heavy atom. The van der Waals surface area contributed by atoms with Crippen LogP contribution in [0.2, 0.25) is 0 Å². The van der Waals surface area contributed by atoms with E-state index < -0.39 is 5.60 Å². The molecule has 0 bridgehead atoms. The summed E-state index contributed by atoms with van der Waals surface area (Å²) in [5.74, 6) is 0.555. The first-order valence-corrected chi connectivity index (χ1v) is 5.72. The van der Waals surface area contributed by atoms with Crippen molar-refractivity contribution in [2.45, 2.75) is 38.8 Å². The Bertz CT molecular complexity index is 326. The predicted octanol–water partition coefficient (Wildman–Crippen LogP) is 2.64. The minimum atomic E-state index is -1.00. The molecule has 1 rings (SSSR count). The average molecular weight is 276 g/mol. The molecule has 0 spiro atoms. The fraction of sp³-hybridized carbons (Fsp3) is 0.636. The van der Waals surface area contributed by atoms with Crippen molar-refractivity contribution in [2.24, 2.45) is 0 Å². The molecule has 0 aromatic carbocycles. The lowest BCUT2D eigenvalue weighted by Gasteiger charge is -2.28. The fourth-order valence-corrected chi connectivity index (χ4v) is 1.82. The third kappa shape index (κ3) is 3.63. The second-order valence-electron chi connectivity index (χ2n) is 4.98. The van der Waals surface area contributed by atoms with Crippen molar-refractivity contribution < 1.29 is 9.52 Å². The van der Waals surface area contributed by atoms with Gasteiger partial charge >= 0.3 is 0 Å². The van der Waals surface area contributed by atoms with Crippen LogP contribution >= 0.6 is 15.9 Å². The lowest BCUT2D eigenvalue weighted by atomic mass is 10.0. The van der Waals surface area contributed by atoms with Crippen molar-refractivity contribution in [1.82, 2.24) is 5.32 Å². The molecule has 0 aliphatic rings. The Morgan fingerprint density at radius 2 is 2.00 bits per heavy atom. The molecule has 0 radical (unpaired) electrons. The highest BCUT2D eigenvalue weighted by molar-refractivity contribution is 9.10. The van der Waals surface area contributed by atoms with Crippen molar-refractivity contribution >= 4 is 15.9 Å². The number of β-amino-alcohol motifs (C(OH)–C–C–N with tert-alkyl or cyclic N) is 1. The Balaban J connectivity index is 2.72. The summed E-state index contributed by atoms with van der Waals surface area (Å²) in [6.07, 6.45) is 1.56. The second kappa shape index (κ2) is 4.28. The number of hydrogen-bond donors (Lipinski definition) is 2. The van der Waals surface area contributed by atoms with Crippen LogP contribution in [0.4, 0.5) is 0 Å². The maximum atomic E-state index is 10.2. The molecule has 1 aromatic rings. The van der Waals surface area contributed by atoms with Crippen LogP contribution in [0.3, 0.4) is 0 Å². The van der Waals surface area contributed by atoms with Gasteiger partial charge in [-0.2, -0.15) is 0 Å². The highest BCUT2D eigenvalue weighted by atomic mass is 79.9. The van der Waals surface area contributed by atoms with Gasteiger partial charge in [0.1, 0.15) is 11.4 Å². The third-order valence-corrected chi connectivity index (χ3v) is 2.69. The lowest BCUT2D eigenvalue weighted by molar-refractivity contribution is 0.0276. The zero-order chi connectivity index (χ0) is 11.7. The van der Waals surface area contributed by atoms with E-state index in [9.17, 15) is 5.11 Å². The molecule has 3 nitrogen and oxygen atoms in total. The van der Waals surface area contributed by atoms with Crippen LogP contribution in [0.1, 0.15) is 33.5 Å². The van der Waals surface area contributed by atoms with Gasteiger partial charge in [-0.25, -0.2) is 0 Å². The molecule has 0 saturated carbocycles. The maximum Gasteiger partial charge on any atom is 0.150 e. The van der Waals surface area contributed by atoms with Gasteiger partial charge in [0.15, 0.2) is 0 Å². The Labute approximate surface area is 99.0 Å². The number of aliphatic hydroxyl groups is 1. The van der Waals surface area contributed by atoms with E-state index in [4.69, 9.17) is 4.42 Å². The maximum absolute atomic E-state index is 10.2. The van der Waals surface area contributed by atoms with Gasteiger partial charge in [0.25, 0.3) is 0 Å². The summed E-state index contributed by atoms with van der Waals surface area (Å²) < 4.78 is 6.05. The summed E-state index contributed by atoms with van der Waals surface area (Å²) in [6, 6.07) is 1.78. The van der Waals surface area contributed by atoms with Gasteiger partial charge in [-0.3, -0.25) is 0 Å². The van der Waals surface area contributed by atoms with Gasteiger partial charge in [0.2, 0.25) is 0 Å². The third-order valence-electron chi connectivity index (χ3n) is 2.07. The van der Waals surface area contributed by atoms with E-state index in [0.29, 0.717) is 12.3 Å². The highest BCUT2D eigenvalue weighted by Crippen LogP contribution is 2.29. The van der Waals surface area contributed by atoms with Crippen molar-refractivity contribution in [3.05, 3.63) is 22.6 Å². The molecule has 0 aliphatic heterocycles. The zero-order valence-corrected chi connectivity index (χ0v) is 11.2. The molecular weight excluding hydrogens is 258 g/mol. The number of furan rings is 1. The first-order valence-electron chi connectivity index (χ1n) is 4.93. The summed E-state index contributed by atoms with van der Waals surface area (Å²) in [4.78, 5) is 0. The quantitative estimate of drug-likeness (QED) is 0.892. The van der Waals surface area contributed by atoms with E-state index in [2.05, 4.69) is 42.0 Å². The van der Waals surface area contributed by atoms with Gasteiger partial charge < -0.3 is 14.8 Å². The van der Waals surface area contributed by atoms with Gasteiger partial charge in [0, 0.05) is 12.1 Å². The monoisotopic (exact) mass is 275 g/mol. The van der Waals surface area contributed by atoms with E-state index in [1.807, 2.05) is 0 Å². The van der Waals surface area contributed by atoms with Crippen LogP contribution in [0.25, 0.3) is 0 Å². The molecule has 1 heterocycles. The molecule has 0 saturated heterocycles. The topological polar surface area (TPSA) is 45.4 Å². The van der Waals surface area contributed by atoms with E-state index >= 15 is 0 Å². The normalized spacial score (nSPS) is 16.4. The van der Waals surface area contributed by atoms with Crippen LogP contribution in [0.5, 0.6) is 0 Å². The number of hydrogen-bond acceptors (Lipinski definition) is 3. The van der Waals surface area contributed by atoms with Crippen LogP contribution in [-0.4, -0.2) is 17.2 Å². The smallest absolute Gasteiger partial charge is 0.150 e. The van der Waals surface area contributed by atoms with Crippen LogP contribution in [-0.2, 0) is 5.60 Å². The Hall–Kier alpha value is -0.320. The SMILES string of the molecule is CC(C)(C)NCC(C)(O)c1occc1Br. The van der Waals surface area contributed by atoms with E-state index in [-0.39, 0.29) is 5.54 Å². The first-order chi connectivity index (χ1) is 6.72. The summed E-state index contributed by atoms with van der Waals surface area (Å²) in [7, 11) is 0. The van der Waals surface area contributed by atoms with E-state index in [0.717, 1.165) is 4.47 Å². The molecule has 0 aliphatic carbocycles. The number of rotatable bonds is 3. The minimum Gasteiger partial charge on any atom is -0.465 e. The molecule has 1 atom stereocenters. The minimum absolute atomic E-state index is 0.0247. The second-order valence-corrected chi connectivity index (χ2v) is 5.83. The van der Waals surface area contributed by atoms with Crippen molar-refractivity contribution in [2.75, 3.05) is 6.54 Å². The van der Waals surface area contributed by atoms with Crippen LogP contribution in [0, 0.1) is 0 Å². The van der Waals surface area contributed by atoms with Gasteiger partial charge in [-0.15, -0.1) is 0 Å². The largest absolute Gasteiger partial charge is 0.465 e. The summed E-state index contributed by atoms with van der Waals surface area (Å²) in [6.45, 7) is 8.35. The van der Waals surface area contributed by atoms with Crippen molar-refractivity contribution in [3.8, 4) is 0 Å². The number of nitrogens with one attached hydrogen (secondary N) is 1. The number of halogens is 1. The van der Waals surface area contributed by atoms with E-state index in [1.54, 1.807) is 19.3 Å². The molecule has 4 heteroatoms. The van der Waals surface area contributed by atoms with Gasteiger partial charge in [0.05, 0.1) is 10.7 Å². The van der Waals surface area contributed by atoms with Gasteiger partial charge in [-0.1, -0.05) is 0 Å². The molecule has 2 N–H and O–H groups in total. The summed E-state index contributed by atoms with van der Waals surface area (Å²) in [5, 5.41) is 13.5. The molecule has 0 fully saturated rings. The molecular formula is C11H18BrNO2. The van der Waals surface area contributed by atoms with Crippen molar-refractivity contribution in [3.63, 3.8) is 0 Å².